The second-order valence-corrected chi connectivity index (χ2v) is 7.59. The summed E-state index contributed by atoms with van der Waals surface area (Å²) in [4.78, 5) is 33.6. The van der Waals surface area contributed by atoms with E-state index in [4.69, 9.17) is 4.74 Å². The fourth-order valence-electron chi connectivity index (χ4n) is 2.90. The maximum Gasteiger partial charge on any atom is 0.322 e. The van der Waals surface area contributed by atoms with Gasteiger partial charge in [0.05, 0.1) is 0 Å². The quantitative estimate of drug-likeness (QED) is 0.610. The molecule has 1 aliphatic heterocycles. The molecular formula is C21H18N4O3S. The van der Waals surface area contributed by atoms with E-state index in [9.17, 15) is 9.59 Å². The van der Waals surface area contributed by atoms with E-state index in [1.807, 2.05) is 49.4 Å². The van der Waals surface area contributed by atoms with Crippen molar-refractivity contribution >= 4 is 23.7 Å². The molecule has 29 heavy (non-hydrogen) atoms. The lowest BCUT2D eigenvalue weighted by atomic mass is 10.1. The monoisotopic (exact) mass is 406 g/mol. The zero-order chi connectivity index (χ0) is 20.2. The second-order valence-electron chi connectivity index (χ2n) is 6.48. The number of imide groups is 1. The molecule has 3 aromatic rings. The van der Waals surface area contributed by atoms with Crippen LogP contribution in [0.3, 0.4) is 0 Å². The molecule has 2 aromatic heterocycles. The van der Waals surface area contributed by atoms with Crippen LogP contribution in [0.15, 0.2) is 70.8 Å². The fraction of sp³-hybridized carbons (Fsp3) is 0.143. The van der Waals surface area contributed by atoms with E-state index >= 15 is 0 Å². The number of rotatable bonds is 6. The Labute approximate surface area is 171 Å². The van der Waals surface area contributed by atoms with Crippen LogP contribution in [0, 0.1) is 6.92 Å². The number of nitrogens with zero attached hydrogens (tertiary/aromatic N) is 2. The first-order valence-corrected chi connectivity index (χ1v) is 9.77. The lowest BCUT2D eigenvalue weighted by Gasteiger charge is -2.13. The van der Waals surface area contributed by atoms with Gasteiger partial charge in [0.2, 0.25) is 0 Å². The predicted molar refractivity (Wildman–Crippen MR) is 108 cm³/mol. The Morgan fingerprint density at radius 3 is 2.66 bits per heavy atom. The van der Waals surface area contributed by atoms with Crippen molar-refractivity contribution in [3.8, 4) is 5.75 Å². The number of ether oxygens (including phenoxy) is 1. The molecule has 4 rings (SSSR count). The fourth-order valence-corrected chi connectivity index (χ4v) is 3.84. The maximum absolute atomic E-state index is 12.0. The van der Waals surface area contributed by atoms with Gasteiger partial charge in [0.1, 0.15) is 18.4 Å². The van der Waals surface area contributed by atoms with E-state index < -0.39 is 12.1 Å². The third-order valence-corrected chi connectivity index (χ3v) is 5.42. The maximum atomic E-state index is 12.0. The first kappa shape index (κ1) is 18.9. The van der Waals surface area contributed by atoms with Crippen molar-refractivity contribution in [2.45, 2.75) is 29.4 Å². The minimum absolute atomic E-state index is 0.372. The Bertz CT molecular complexity index is 1060. The summed E-state index contributed by atoms with van der Waals surface area (Å²) in [6, 6.07) is 12.3. The molecule has 146 valence electrons. The van der Waals surface area contributed by atoms with Gasteiger partial charge in [0.25, 0.3) is 5.91 Å². The molecule has 1 fully saturated rings. The number of benzene rings is 1. The van der Waals surface area contributed by atoms with Crippen LogP contribution in [0.4, 0.5) is 4.79 Å². The van der Waals surface area contributed by atoms with E-state index in [1.165, 1.54) is 11.8 Å². The number of nitrogens with one attached hydrogen (secondary N) is 2. The average molecular weight is 406 g/mol. The first-order valence-electron chi connectivity index (χ1n) is 8.96. The molecule has 3 amide bonds. The molecule has 8 heteroatoms. The Balaban J connectivity index is 1.44. The Kier molecular flexibility index (Phi) is 5.44. The molecule has 0 spiro atoms. The summed E-state index contributed by atoms with van der Waals surface area (Å²) in [6.07, 6.45) is 5.00. The number of carbonyl (C=O) groups is 2. The molecule has 7 nitrogen and oxygen atoms in total. The third kappa shape index (κ3) is 4.55. The van der Waals surface area contributed by atoms with E-state index in [2.05, 4.69) is 20.6 Å². The van der Waals surface area contributed by atoms with Crippen molar-refractivity contribution in [3.63, 3.8) is 0 Å². The molecule has 0 saturated carbocycles. The van der Waals surface area contributed by atoms with Crippen molar-refractivity contribution in [3.05, 3.63) is 77.9 Å². The van der Waals surface area contributed by atoms with Gasteiger partial charge in [0, 0.05) is 45.7 Å². The van der Waals surface area contributed by atoms with Gasteiger partial charge in [0.15, 0.2) is 0 Å². The van der Waals surface area contributed by atoms with Crippen LogP contribution >= 0.6 is 11.8 Å². The molecule has 1 aliphatic rings. The van der Waals surface area contributed by atoms with Crippen molar-refractivity contribution in [2.24, 2.45) is 0 Å². The van der Waals surface area contributed by atoms with Gasteiger partial charge >= 0.3 is 6.03 Å². The molecule has 3 heterocycles. The molecule has 0 radical (unpaired) electrons. The number of hydrogen-bond donors (Lipinski definition) is 2. The summed E-state index contributed by atoms with van der Waals surface area (Å²) >= 11 is 1.51. The summed E-state index contributed by atoms with van der Waals surface area (Å²) in [5, 5.41) is 4.87. The van der Waals surface area contributed by atoms with Gasteiger partial charge in [-0.1, -0.05) is 23.9 Å². The number of hydrogen-bond acceptors (Lipinski definition) is 6. The largest absolute Gasteiger partial charge is 0.489 e. The smallest absolute Gasteiger partial charge is 0.322 e. The van der Waals surface area contributed by atoms with Crippen LogP contribution in [0.2, 0.25) is 0 Å². The minimum atomic E-state index is -0.727. The van der Waals surface area contributed by atoms with Gasteiger partial charge < -0.3 is 10.1 Å². The van der Waals surface area contributed by atoms with Gasteiger partial charge in [-0.15, -0.1) is 0 Å². The third-order valence-electron chi connectivity index (χ3n) is 4.32. The van der Waals surface area contributed by atoms with Gasteiger partial charge in [-0.25, -0.2) is 4.79 Å². The van der Waals surface area contributed by atoms with E-state index in [0.717, 1.165) is 26.8 Å². The highest BCUT2D eigenvalue weighted by Crippen LogP contribution is 2.33. The van der Waals surface area contributed by atoms with Crippen LogP contribution in [0.5, 0.6) is 5.75 Å². The van der Waals surface area contributed by atoms with Crippen LogP contribution in [-0.2, 0) is 11.4 Å². The highest BCUT2D eigenvalue weighted by atomic mass is 32.2. The summed E-state index contributed by atoms with van der Waals surface area (Å²) in [6.45, 7) is 2.38. The van der Waals surface area contributed by atoms with Gasteiger partial charge in [-0.05, 0) is 36.8 Å². The molecular weight excluding hydrogens is 388 g/mol. The first-order chi connectivity index (χ1) is 14.1. The number of aromatic nitrogens is 2. The summed E-state index contributed by atoms with van der Waals surface area (Å²) in [5.41, 5.74) is 2.62. The molecule has 1 saturated heterocycles. The Hall–Kier alpha value is -3.39. The Morgan fingerprint density at radius 1 is 1.10 bits per heavy atom. The van der Waals surface area contributed by atoms with Crippen LogP contribution < -0.4 is 15.4 Å². The van der Waals surface area contributed by atoms with Crippen molar-refractivity contribution in [1.82, 2.24) is 20.6 Å². The highest BCUT2D eigenvalue weighted by Gasteiger charge is 2.32. The molecule has 0 bridgehead atoms. The van der Waals surface area contributed by atoms with Crippen molar-refractivity contribution in [2.75, 3.05) is 0 Å². The molecule has 0 aliphatic carbocycles. The predicted octanol–water partition coefficient (Wildman–Crippen LogP) is 3.40. The molecule has 1 aromatic carbocycles. The van der Waals surface area contributed by atoms with Crippen LogP contribution in [0.1, 0.15) is 22.9 Å². The lowest BCUT2D eigenvalue weighted by molar-refractivity contribution is -0.120. The van der Waals surface area contributed by atoms with Crippen LogP contribution in [-0.4, -0.2) is 21.9 Å². The number of urea groups is 1. The summed E-state index contributed by atoms with van der Waals surface area (Å²) < 4.78 is 5.80. The zero-order valence-electron chi connectivity index (χ0n) is 15.6. The number of aryl methyl sites for hydroxylation is 1. The van der Waals surface area contributed by atoms with Gasteiger partial charge in [-0.3, -0.25) is 20.1 Å². The van der Waals surface area contributed by atoms with Crippen LogP contribution in [0.25, 0.3) is 0 Å². The SMILES string of the molecule is Cc1cc(OCc2ccc(Sc3ccncc3C3NC(=O)NC3=O)cc2)ccn1. The second kappa shape index (κ2) is 8.32. The number of carbonyl (C=O) groups excluding carboxylic acids is 2. The van der Waals surface area contributed by atoms with E-state index in [-0.39, 0.29) is 5.91 Å². The molecule has 2 N–H and O–H groups in total. The summed E-state index contributed by atoms with van der Waals surface area (Å²) in [5.74, 6) is 0.415. The Morgan fingerprint density at radius 2 is 1.93 bits per heavy atom. The standard InChI is InChI=1S/C21H18N4O3S/c1-13-10-15(6-9-23-13)28-12-14-2-4-16(5-3-14)29-18-7-8-22-11-17(18)19-20(26)25-21(27)24-19/h2-11,19H,12H2,1H3,(H2,24,25,26,27). The zero-order valence-corrected chi connectivity index (χ0v) is 16.4. The minimum Gasteiger partial charge on any atom is -0.489 e. The normalized spacial score (nSPS) is 15.7. The number of pyridine rings is 2. The molecule has 1 atom stereocenters. The lowest BCUT2D eigenvalue weighted by Crippen LogP contribution is -2.22. The highest BCUT2D eigenvalue weighted by molar-refractivity contribution is 7.99. The molecule has 1 unspecified atom stereocenters. The number of amides is 3. The van der Waals surface area contributed by atoms with E-state index in [0.29, 0.717) is 12.2 Å². The average Bonchev–Trinajstić information content (AvgIpc) is 3.06. The van der Waals surface area contributed by atoms with Crippen molar-refractivity contribution < 1.29 is 14.3 Å². The van der Waals surface area contributed by atoms with E-state index in [1.54, 1.807) is 18.6 Å². The topological polar surface area (TPSA) is 93.2 Å². The van der Waals surface area contributed by atoms with Crippen molar-refractivity contribution in [1.29, 1.82) is 0 Å². The summed E-state index contributed by atoms with van der Waals surface area (Å²) in [7, 11) is 0. The van der Waals surface area contributed by atoms with Gasteiger partial charge in [-0.2, -0.15) is 0 Å².